The molecule has 0 aliphatic heterocycles. The lowest BCUT2D eigenvalue weighted by Crippen LogP contribution is -2.27. The molecule has 0 aliphatic carbocycles. The fourth-order valence-electron chi connectivity index (χ4n) is 1.02. The molecule has 0 unspecified atom stereocenters. The Kier molecular flexibility index (Phi) is 3.78. The minimum Gasteiger partial charge on any atom is -0.481 e. The number of aromatic amines is 1. The second kappa shape index (κ2) is 5.08. The number of H-pyrrole nitrogens is 1. The summed E-state index contributed by atoms with van der Waals surface area (Å²) in [5.41, 5.74) is 0. The van der Waals surface area contributed by atoms with Crippen molar-refractivity contribution < 1.29 is 14.7 Å². The fraction of sp³-hybridized carbons (Fsp3) is 0.500. The quantitative estimate of drug-likeness (QED) is 0.693. The van der Waals surface area contributed by atoms with Crippen LogP contribution in [0.5, 0.6) is 0 Å². The maximum atomic E-state index is 11.4. The van der Waals surface area contributed by atoms with Gasteiger partial charge >= 0.3 is 5.97 Å². The molecule has 1 amide bonds. The third kappa shape index (κ3) is 3.75. The number of carboxylic acids is 1. The van der Waals surface area contributed by atoms with E-state index in [0.717, 1.165) is 0 Å². The highest BCUT2D eigenvalue weighted by molar-refractivity contribution is 5.80. The molecular formula is C8H12N4O3. The first-order valence-corrected chi connectivity index (χ1v) is 4.39. The molecule has 0 radical (unpaired) electrons. The Labute approximate surface area is 86.1 Å². The van der Waals surface area contributed by atoms with Gasteiger partial charge in [-0.2, -0.15) is 5.10 Å². The Morgan fingerprint density at radius 3 is 2.80 bits per heavy atom. The second-order valence-electron chi connectivity index (χ2n) is 3.08. The highest BCUT2D eigenvalue weighted by atomic mass is 16.4. The van der Waals surface area contributed by atoms with E-state index in [-0.39, 0.29) is 18.7 Å². The number of rotatable bonds is 5. The summed E-state index contributed by atoms with van der Waals surface area (Å²) >= 11 is 0. The summed E-state index contributed by atoms with van der Waals surface area (Å²) in [6.07, 6.45) is 1.20. The summed E-state index contributed by atoms with van der Waals surface area (Å²) in [5, 5.41) is 14.7. The Hall–Kier alpha value is -1.92. The van der Waals surface area contributed by atoms with Crippen LogP contribution in [0.15, 0.2) is 6.33 Å². The van der Waals surface area contributed by atoms with E-state index in [2.05, 4.69) is 15.2 Å². The molecule has 0 atom stereocenters. The number of nitrogens with one attached hydrogen (secondary N) is 1. The molecule has 2 N–H and O–H groups in total. The Morgan fingerprint density at radius 2 is 2.27 bits per heavy atom. The number of hydrogen-bond donors (Lipinski definition) is 2. The number of amides is 1. The van der Waals surface area contributed by atoms with Crippen LogP contribution in [-0.2, 0) is 16.1 Å². The van der Waals surface area contributed by atoms with Crippen LogP contribution >= 0.6 is 0 Å². The van der Waals surface area contributed by atoms with Crippen LogP contribution in [0.4, 0.5) is 0 Å². The summed E-state index contributed by atoms with van der Waals surface area (Å²) in [6, 6.07) is 0. The summed E-state index contributed by atoms with van der Waals surface area (Å²) < 4.78 is 0. The predicted octanol–water partition coefficient (Wildman–Crippen LogP) is -0.372. The molecule has 1 rings (SSSR count). The average molecular weight is 212 g/mol. The lowest BCUT2D eigenvalue weighted by Gasteiger charge is -2.14. The van der Waals surface area contributed by atoms with Crippen LogP contribution in [0, 0.1) is 0 Å². The fourth-order valence-corrected chi connectivity index (χ4v) is 1.02. The Morgan fingerprint density at radius 1 is 1.53 bits per heavy atom. The minimum absolute atomic E-state index is 0.0000293. The molecule has 1 aromatic heterocycles. The number of carbonyl (C=O) groups is 2. The first-order chi connectivity index (χ1) is 7.09. The SMILES string of the molecule is CN(Cc1ncn[nH]1)C(=O)CCC(=O)O. The summed E-state index contributed by atoms with van der Waals surface area (Å²) in [6.45, 7) is 0.304. The zero-order chi connectivity index (χ0) is 11.3. The van der Waals surface area contributed by atoms with Crippen molar-refractivity contribution >= 4 is 11.9 Å². The van der Waals surface area contributed by atoms with Crippen molar-refractivity contribution in [3.05, 3.63) is 12.2 Å². The van der Waals surface area contributed by atoms with Gasteiger partial charge in [0, 0.05) is 13.5 Å². The van der Waals surface area contributed by atoms with E-state index in [0.29, 0.717) is 12.4 Å². The number of nitrogens with zero attached hydrogens (tertiary/aromatic N) is 3. The summed E-state index contributed by atoms with van der Waals surface area (Å²) in [7, 11) is 1.59. The first kappa shape index (κ1) is 11.2. The van der Waals surface area contributed by atoms with Crippen LogP contribution in [0.3, 0.4) is 0 Å². The van der Waals surface area contributed by atoms with Crippen molar-refractivity contribution in [2.24, 2.45) is 0 Å². The predicted molar refractivity (Wildman–Crippen MR) is 49.7 cm³/mol. The van der Waals surface area contributed by atoms with Gasteiger partial charge in [-0.3, -0.25) is 14.7 Å². The molecule has 0 spiro atoms. The van der Waals surface area contributed by atoms with Gasteiger partial charge in [0.05, 0.1) is 13.0 Å². The highest BCUT2D eigenvalue weighted by Crippen LogP contribution is 1.99. The van der Waals surface area contributed by atoms with Gasteiger partial charge in [-0.1, -0.05) is 0 Å². The molecule has 0 saturated heterocycles. The maximum Gasteiger partial charge on any atom is 0.303 e. The highest BCUT2D eigenvalue weighted by Gasteiger charge is 2.11. The molecule has 0 saturated carbocycles. The van der Waals surface area contributed by atoms with Gasteiger partial charge in [0.15, 0.2) is 0 Å². The van der Waals surface area contributed by atoms with Gasteiger partial charge in [0.2, 0.25) is 5.91 Å². The van der Waals surface area contributed by atoms with Crippen molar-refractivity contribution in [2.75, 3.05) is 7.05 Å². The third-order valence-corrected chi connectivity index (χ3v) is 1.83. The van der Waals surface area contributed by atoms with Gasteiger partial charge in [-0.05, 0) is 0 Å². The van der Waals surface area contributed by atoms with Gasteiger partial charge in [0.25, 0.3) is 0 Å². The maximum absolute atomic E-state index is 11.4. The largest absolute Gasteiger partial charge is 0.481 e. The molecular weight excluding hydrogens is 200 g/mol. The molecule has 15 heavy (non-hydrogen) atoms. The minimum atomic E-state index is -0.976. The second-order valence-corrected chi connectivity index (χ2v) is 3.08. The van der Waals surface area contributed by atoms with E-state index in [1.807, 2.05) is 0 Å². The zero-order valence-electron chi connectivity index (χ0n) is 8.30. The zero-order valence-corrected chi connectivity index (χ0v) is 8.30. The molecule has 7 nitrogen and oxygen atoms in total. The lowest BCUT2D eigenvalue weighted by atomic mass is 10.3. The van der Waals surface area contributed by atoms with Crippen LogP contribution in [0.2, 0.25) is 0 Å². The van der Waals surface area contributed by atoms with Crippen molar-refractivity contribution in [1.29, 1.82) is 0 Å². The molecule has 0 aromatic carbocycles. The first-order valence-electron chi connectivity index (χ1n) is 4.39. The van der Waals surface area contributed by atoms with Crippen molar-refractivity contribution in [2.45, 2.75) is 19.4 Å². The van der Waals surface area contributed by atoms with Gasteiger partial charge in [0.1, 0.15) is 12.2 Å². The molecule has 0 bridgehead atoms. The molecule has 1 aromatic rings. The summed E-state index contributed by atoms with van der Waals surface area (Å²) in [4.78, 5) is 26.9. The molecule has 0 aliphatic rings. The van der Waals surface area contributed by atoms with E-state index in [4.69, 9.17) is 5.11 Å². The smallest absolute Gasteiger partial charge is 0.303 e. The van der Waals surface area contributed by atoms with E-state index < -0.39 is 5.97 Å². The number of carbonyl (C=O) groups excluding carboxylic acids is 1. The van der Waals surface area contributed by atoms with Crippen LogP contribution in [0.25, 0.3) is 0 Å². The Bertz CT molecular complexity index is 336. The van der Waals surface area contributed by atoms with E-state index in [1.54, 1.807) is 7.05 Å². The lowest BCUT2D eigenvalue weighted by molar-refractivity contribution is -0.140. The van der Waals surface area contributed by atoms with Crippen LogP contribution in [-0.4, -0.2) is 44.1 Å². The molecule has 7 heteroatoms. The van der Waals surface area contributed by atoms with Crippen molar-refractivity contribution in [3.63, 3.8) is 0 Å². The van der Waals surface area contributed by atoms with E-state index in [9.17, 15) is 9.59 Å². The Balaban J connectivity index is 2.36. The number of hydrogen-bond acceptors (Lipinski definition) is 4. The van der Waals surface area contributed by atoms with Gasteiger partial charge in [-0.25, -0.2) is 4.98 Å². The number of aliphatic carboxylic acids is 1. The van der Waals surface area contributed by atoms with Gasteiger partial charge < -0.3 is 10.0 Å². The molecule has 82 valence electrons. The summed E-state index contributed by atoms with van der Waals surface area (Å²) in [5.74, 6) is -0.633. The van der Waals surface area contributed by atoms with E-state index in [1.165, 1.54) is 11.2 Å². The van der Waals surface area contributed by atoms with Crippen LogP contribution in [0.1, 0.15) is 18.7 Å². The topological polar surface area (TPSA) is 99.2 Å². The van der Waals surface area contributed by atoms with Crippen molar-refractivity contribution in [1.82, 2.24) is 20.1 Å². The number of aromatic nitrogens is 3. The van der Waals surface area contributed by atoms with E-state index >= 15 is 0 Å². The third-order valence-electron chi connectivity index (χ3n) is 1.83. The van der Waals surface area contributed by atoms with Gasteiger partial charge in [-0.15, -0.1) is 0 Å². The number of carboxylic acid groups (broad SMARTS) is 1. The normalized spacial score (nSPS) is 9.93. The molecule has 1 heterocycles. The van der Waals surface area contributed by atoms with Crippen molar-refractivity contribution in [3.8, 4) is 0 Å². The van der Waals surface area contributed by atoms with Crippen LogP contribution < -0.4 is 0 Å². The average Bonchev–Trinajstić information content (AvgIpc) is 2.66. The standard InChI is InChI=1S/C8H12N4O3/c1-12(4-6-9-5-10-11-6)7(13)2-3-8(14)15/h5H,2-4H2,1H3,(H,14,15)(H,9,10,11). The monoisotopic (exact) mass is 212 g/mol. The molecule has 0 fully saturated rings.